The lowest BCUT2D eigenvalue weighted by Gasteiger charge is -2.27. The number of rotatable bonds is 1. The lowest BCUT2D eigenvalue weighted by molar-refractivity contribution is -0.684. The molecule has 0 saturated carbocycles. The quantitative estimate of drug-likeness (QED) is 0.752. The smallest absolute Gasteiger partial charge is 0.248 e. The Morgan fingerprint density at radius 2 is 1.88 bits per heavy atom. The van der Waals surface area contributed by atoms with E-state index in [4.69, 9.17) is 0 Å². The van der Waals surface area contributed by atoms with Gasteiger partial charge in [-0.25, -0.2) is 10.1 Å². The van der Waals surface area contributed by atoms with Crippen LogP contribution in [-0.2, 0) is 0 Å². The van der Waals surface area contributed by atoms with E-state index < -0.39 is 0 Å². The minimum atomic E-state index is 0.649. The second kappa shape index (κ2) is 3.97. The Hall–Kier alpha value is -1.82. The van der Waals surface area contributed by atoms with Gasteiger partial charge in [-0.2, -0.15) is 9.99 Å². The van der Waals surface area contributed by atoms with Gasteiger partial charge in [-0.1, -0.05) is 0 Å². The topological polar surface area (TPSA) is 69.0 Å². The molecule has 1 N–H and O–H groups in total. The molecule has 0 fully saturated rings. The Morgan fingerprint density at radius 1 is 1.12 bits per heavy atom. The SMILES string of the molecule is CC1=NN=C(C)[NH+](c2nc(C)ncc2C)[N-]1. The third-order valence-electron chi connectivity index (χ3n) is 2.28. The second-order valence-corrected chi connectivity index (χ2v) is 3.74. The molecule has 0 aliphatic carbocycles. The number of hydrogen-bond donors (Lipinski definition) is 1. The van der Waals surface area contributed by atoms with Gasteiger partial charge in [0.15, 0.2) is 0 Å². The number of hydrogen-bond acceptors (Lipinski definition) is 4. The Labute approximate surface area is 94.1 Å². The average molecular weight is 218 g/mol. The highest BCUT2D eigenvalue weighted by atomic mass is 15.6. The van der Waals surface area contributed by atoms with Gasteiger partial charge in [-0.15, -0.1) is 0 Å². The van der Waals surface area contributed by atoms with Gasteiger partial charge >= 0.3 is 0 Å². The van der Waals surface area contributed by atoms with Crippen LogP contribution >= 0.6 is 0 Å². The summed E-state index contributed by atoms with van der Waals surface area (Å²) in [5, 5.41) is 8.75. The Kier molecular flexibility index (Phi) is 2.66. The maximum absolute atomic E-state index is 4.40. The number of aryl methyl sites for hydroxylation is 2. The minimum absolute atomic E-state index is 0.649. The van der Waals surface area contributed by atoms with Crippen LogP contribution in [0, 0.1) is 13.8 Å². The summed E-state index contributed by atoms with van der Waals surface area (Å²) in [7, 11) is 0. The predicted molar refractivity (Wildman–Crippen MR) is 61.7 cm³/mol. The molecule has 1 aliphatic heterocycles. The zero-order valence-corrected chi connectivity index (χ0v) is 9.81. The van der Waals surface area contributed by atoms with Crippen molar-refractivity contribution in [2.45, 2.75) is 27.7 Å². The fraction of sp³-hybridized carbons (Fsp3) is 0.400. The molecule has 0 bridgehead atoms. The van der Waals surface area contributed by atoms with E-state index in [1.807, 2.05) is 27.7 Å². The molecule has 1 aromatic heterocycles. The average Bonchev–Trinajstić information content (AvgIpc) is 2.25. The van der Waals surface area contributed by atoms with Crippen molar-refractivity contribution in [2.24, 2.45) is 10.2 Å². The number of nitrogens with zero attached hydrogens (tertiary/aromatic N) is 5. The maximum Gasteiger partial charge on any atom is 0.248 e. The molecule has 1 aliphatic rings. The summed E-state index contributed by atoms with van der Waals surface area (Å²) in [4.78, 5) is 8.55. The maximum atomic E-state index is 4.40. The van der Waals surface area contributed by atoms with Crippen molar-refractivity contribution >= 4 is 17.5 Å². The molecule has 1 atom stereocenters. The number of nitrogens with one attached hydrogen (secondary N) is 1. The first kappa shape index (κ1) is 10.7. The van der Waals surface area contributed by atoms with Crippen LogP contribution in [0.1, 0.15) is 25.2 Å². The van der Waals surface area contributed by atoms with Crippen LogP contribution in [0.5, 0.6) is 0 Å². The lowest BCUT2D eigenvalue weighted by Crippen LogP contribution is -3.06. The van der Waals surface area contributed by atoms with Gasteiger partial charge in [0.1, 0.15) is 5.82 Å². The molecule has 2 rings (SSSR count). The van der Waals surface area contributed by atoms with Crippen LogP contribution in [-0.4, -0.2) is 21.6 Å². The Morgan fingerprint density at radius 3 is 2.62 bits per heavy atom. The van der Waals surface area contributed by atoms with Crippen molar-refractivity contribution in [3.63, 3.8) is 0 Å². The lowest BCUT2D eigenvalue weighted by atomic mass is 10.3. The van der Waals surface area contributed by atoms with Crippen LogP contribution in [0.25, 0.3) is 5.43 Å². The molecule has 6 heteroatoms. The molecule has 16 heavy (non-hydrogen) atoms. The van der Waals surface area contributed by atoms with Crippen LogP contribution in [0.15, 0.2) is 16.4 Å². The highest BCUT2D eigenvalue weighted by Gasteiger charge is 2.20. The first-order chi connectivity index (χ1) is 7.58. The van der Waals surface area contributed by atoms with E-state index in [0.717, 1.165) is 28.1 Å². The highest BCUT2D eigenvalue weighted by molar-refractivity contribution is 5.94. The van der Waals surface area contributed by atoms with E-state index in [-0.39, 0.29) is 0 Å². The summed E-state index contributed by atoms with van der Waals surface area (Å²) in [6.45, 7) is 7.52. The predicted octanol–water partition coefficient (Wildman–Crippen LogP) is 0.664. The van der Waals surface area contributed by atoms with Crippen molar-refractivity contribution < 1.29 is 5.01 Å². The van der Waals surface area contributed by atoms with Gasteiger partial charge < -0.3 is 5.10 Å². The molecule has 84 valence electrons. The van der Waals surface area contributed by atoms with Crippen molar-refractivity contribution in [3.8, 4) is 0 Å². The highest BCUT2D eigenvalue weighted by Crippen LogP contribution is 2.07. The minimum Gasteiger partial charge on any atom is -0.349 e. The molecule has 0 amide bonds. The largest absolute Gasteiger partial charge is 0.349 e. The van der Waals surface area contributed by atoms with Gasteiger partial charge in [-0.3, -0.25) is 5.43 Å². The van der Waals surface area contributed by atoms with Gasteiger partial charge in [0, 0.05) is 13.1 Å². The molecule has 1 aromatic rings. The molecule has 1 unspecified atom stereocenters. The van der Waals surface area contributed by atoms with Crippen molar-refractivity contribution in [3.05, 3.63) is 23.0 Å². The Bertz CT molecular complexity index is 476. The van der Waals surface area contributed by atoms with E-state index in [9.17, 15) is 0 Å². The van der Waals surface area contributed by atoms with Crippen molar-refractivity contribution in [1.29, 1.82) is 0 Å². The third-order valence-corrected chi connectivity index (χ3v) is 2.28. The number of aromatic nitrogens is 2. The number of quaternary nitrogens is 1. The first-order valence-corrected chi connectivity index (χ1v) is 5.06. The van der Waals surface area contributed by atoms with Crippen LogP contribution < -0.4 is 5.01 Å². The molecule has 0 saturated heterocycles. The van der Waals surface area contributed by atoms with Crippen LogP contribution in [0.4, 0.5) is 5.82 Å². The van der Waals surface area contributed by atoms with E-state index >= 15 is 0 Å². The van der Waals surface area contributed by atoms with E-state index in [1.54, 1.807) is 6.20 Å². The van der Waals surface area contributed by atoms with Crippen molar-refractivity contribution in [1.82, 2.24) is 9.97 Å². The normalized spacial score (nSPS) is 19.9. The summed E-state index contributed by atoms with van der Waals surface area (Å²) in [6.07, 6.45) is 1.80. The summed E-state index contributed by atoms with van der Waals surface area (Å²) >= 11 is 0. The third kappa shape index (κ3) is 1.92. The Balaban J connectivity index is 2.42. The second-order valence-electron chi connectivity index (χ2n) is 3.74. The first-order valence-electron chi connectivity index (χ1n) is 5.06. The molecule has 0 spiro atoms. The van der Waals surface area contributed by atoms with Gasteiger partial charge in [0.05, 0.1) is 5.56 Å². The molecule has 6 nitrogen and oxygen atoms in total. The number of amidine groups is 2. The molecule has 0 radical (unpaired) electrons. The molecule has 0 aromatic carbocycles. The van der Waals surface area contributed by atoms with Crippen molar-refractivity contribution in [2.75, 3.05) is 0 Å². The monoisotopic (exact) mass is 218 g/mol. The zero-order valence-electron chi connectivity index (χ0n) is 9.81. The summed E-state index contributed by atoms with van der Waals surface area (Å²) < 4.78 is 0. The molecular formula is C10H14N6. The van der Waals surface area contributed by atoms with Gasteiger partial charge in [0.25, 0.3) is 0 Å². The standard InChI is InChI=1S/C10H14N6/c1-6-5-11-7(2)12-10(6)16-9(4)14-13-8(3)15-16/h5,16H,1-4H3. The van der Waals surface area contributed by atoms with E-state index in [1.165, 1.54) is 0 Å². The summed E-state index contributed by atoms with van der Waals surface area (Å²) in [5.74, 6) is 3.00. The fourth-order valence-corrected chi connectivity index (χ4v) is 1.45. The van der Waals surface area contributed by atoms with Crippen LogP contribution in [0.2, 0.25) is 0 Å². The molecular weight excluding hydrogens is 204 g/mol. The zero-order chi connectivity index (χ0) is 11.7. The van der Waals surface area contributed by atoms with Gasteiger partial charge in [-0.05, 0) is 26.6 Å². The summed E-state index contributed by atoms with van der Waals surface area (Å²) in [5.41, 5.74) is 5.38. The fourth-order valence-electron chi connectivity index (χ4n) is 1.45. The van der Waals surface area contributed by atoms with Crippen LogP contribution in [0.3, 0.4) is 0 Å². The van der Waals surface area contributed by atoms with E-state index in [0.29, 0.717) is 5.84 Å². The van der Waals surface area contributed by atoms with E-state index in [2.05, 4.69) is 25.6 Å². The summed E-state index contributed by atoms with van der Waals surface area (Å²) in [6, 6.07) is 0. The van der Waals surface area contributed by atoms with Gasteiger partial charge in [0.2, 0.25) is 11.7 Å². The molecule has 2 heterocycles.